The van der Waals surface area contributed by atoms with Crippen LogP contribution in [0.25, 0.3) is 11.3 Å². The molecule has 1 aliphatic carbocycles. The summed E-state index contributed by atoms with van der Waals surface area (Å²) < 4.78 is 30.4. The first-order valence-electron chi connectivity index (χ1n) is 11.4. The largest absolute Gasteiger partial charge is 0.496 e. The van der Waals surface area contributed by atoms with Crippen molar-refractivity contribution < 1.29 is 13.2 Å². The van der Waals surface area contributed by atoms with E-state index in [4.69, 9.17) is 4.74 Å². The fourth-order valence-corrected chi connectivity index (χ4v) is 5.74. The van der Waals surface area contributed by atoms with E-state index < -0.39 is 9.84 Å². The fourth-order valence-electron chi connectivity index (χ4n) is 4.83. The molecule has 0 saturated carbocycles. The lowest BCUT2D eigenvalue weighted by Gasteiger charge is -2.32. The van der Waals surface area contributed by atoms with E-state index in [1.165, 1.54) is 17.5 Å². The van der Waals surface area contributed by atoms with Crippen LogP contribution in [0.5, 0.6) is 5.75 Å². The highest BCUT2D eigenvalue weighted by atomic mass is 35.5. The zero-order valence-corrected chi connectivity index (χ0v) is 21.1. The van der Waals surface area contributed by atoms with Crippen molar-refractivity contribution in [2.45, 2.75) is 50.0 Å². The Morgan fingerprint density at radius 2 is 1.91 bits per heavy atom. The number of hydrogen-bond donors (Lipinski definition) is 2. The molecule has 0 bridgehead atoms. The number of hydrogen-bond acceptors (Lipinski definition) is 4. The molecule has 7 heteroatoms. The molecule has 2 N–H and O–H groups in total. The highest BCUT2D eigenvalue weighted by Gasteiger charge is 2.29. The first kappa shape index (κ1) is 25.3. The van der Waals surface area contributed by atoms with Crippen molar-refractivity contribution in [1.82, 2.24) is 10.3 Å². The van der Waals surface area contributed by atoms with Gasteiger partial charge in [0.25, 0.3) is 0 Å². The number of methoxy groups -OCH3 is 1. The molecule has 2 unspecified atom stereocenters. The zero-order chi connectivity index (χ0) is 22.7. The maximum Gasteiger partial charge on any atom is 0.178 e. The molecule has 2 atom stereocenters. The highest BCUT2D eigenvalue weighted by molar-refractivity contribution is 7.91. The van der Waals surface area contributed by atoms with E-state index in [0.29, 0.717) is 16.6 Å². The van der Waals surface area contributed by atoms with Gasteiger partial charge in [-0.1, -0.05) is 38.1 Å². The van der Waals surface area contributed by atoms with Gasteiger partial charge in [0.15, 0.2) is 9.84 Å². The monoisotopic (exact) mass is 488 g/mol. The van der Waals surface area contributed by atoms with Crippen molar-refractivity contribution >= 4 is 22.2 Å². The van der Waals surface area contributed by atoms with E-state index in [-0.39, 0.29) is 24.2 Å². The summed E-state index contributed by atoms with van der Waals surface area (Å²) >= 11 is 0. The van der Waals surface area contributed by atoms with Crippen LogP contribution in [0.4, 0.5) is 0 Å². The Morgan fingerprint density at radius 1 is 1.12 bits per heavy atom. The van der Waals surface area contributed by atoms with Gasteiger partial charge < -0.3 is 15.0 Å². The molecule has 0 saturated heterocycles. The Hall–Kier alpha value is -2.28. The van der Waals surface area contributed by atoms with Gasteiger partial charge in [0, 0.05) is 22.9 Å². The molecule has 2 aromatic carbocycles. The van der Waals surface area contributed by atoms with Crippen LogP contribution in [-0.4, -0.2) is 32.8 Å². The molecule has 1 aliphatic rings. The lowest BCUT2D eigenvalue weighted by molar-refractivity contribution is 0.403. The van der Waals surface area contributed by atoms with E-state index >= 15 is 0 Å². The van der Waals surface area contributed by atoms with E-state index in [9.17, 15) is 8.42 Å². The van der Waals surface area contributed by atoms with Gasteiger partial charge in [-0.15, -0.1) is 12.4 Å². The Balaban J connectivity index is 0.00000306. The van der Waals surface area contributed by atoms with Gasteiger partial charge in [-0.25, -0.2) is 8.42 Å². The predicted octanol–water partition coefficient (Wildman–Crippen LogP) is 5.68. The summed E-state index contributed by atoms with van der Waals surface area (Å²) in [6.45, 7) is 4.66. The number of nitrogens with one attached hydrogen (secondary N) is 2. The van der Waals surface area contributed by atoms with E-state index in [0.717, 1.165) is 36.3 Å². The third-order valence-electron chi connectivity index (χ3n) is 6.49. The average molecular weight is 489 g/mol. The van der Waals surface area contributed by atoms with Crippen molar-refractivity contribution in [3.05, 3.63) is 71.4 Å². The quantitative estimate of drug-likeness (QED) is 0.428. The maximum atomic E-state index is 12.4. The Labute approximate surface area is 203 Å². The van der Waals surface area contributed by atoms with Crippen LogP contribution < -0.4 is 10.1 Å². The number of aryl methyl sites for hydroxylation is 1. The molecule has 1 heterocycles. The van der Waals surface area contributed by atoms with Gasteiger partial charge >= 0.3 is 0 Å². The molecular weight excluding hydrogens is 456 g/mol. The van der Waals surface area contributed by atoms with Crippen molar-refractivity contribution in [3.8, 4) is 17.0 Å². The van der Waals surface area contributed by atoms with Crippen LogP contribution in [0.15, 0.2) is 59.5 Å². The number of rotatable bonds is 8. The molecule has 1 aromatic heterocycles. The lowest BCUT2D eigenvalue weighted by Crippen LogP contribution is -2.29. The minimum atomic E-state index is -3.30. The maximum absolute atomic E-state index is 12.4. The van der Waals surface area contributed by atoms with E-state index in [2.05, 4.69) is 47.6 Å². The third kappa shape index (κ3) is 5.13. The molecule has 178 valence electrons. The number of benzene rings is 2. The Bertz CT molecular complexity index is 1190. The normalized spacial score (nSPS) is 16.5. The molecule has 0 spiro atoms. The van der Waals surface area contributed by atoms with Crippen LogP contribution in [-0.2, 0) is 16.3 Å². The number of halogens is 1. The summed E-state index contributed by atoms with van der Waals surface area (Å²) in [6.07, 6.45) is 3.45. The van der Waals surface area contributed by atoms with Crippen molar-refractivity contribution in [3.63, 3.8) is 0 Å². The minimum Gasteiger partial charge on any atom is -0.496 e. The molecule has 5 nitrogen and oxygen atoms in total. The third-order valence-corrected chi connectivity index (χ3v) is 8.22. The van der Waals surface area contributed by atoms with Gasteiger partial charge in [-0.2, -0.15) is 0 Å². The topological polar surface area (TPSA) is 71.2 Å². The molecule has 0 amide bonds. The summed E-state index contributed by atoms with van der Waals surface area (Å²) in [4.78, 5) is 3.89. The SMILES string of the molecule is CCNC(c1ccc(-c2cc(S(=O)(=O)CC)ccc2OC)[nH]1)C1CCCc2ccccc21.Cl. The predicted molar refractivity (Wildman–Crippen MR) is 136 cm³/mol. The van der Waals surface area contributed by atoms with Crippen LogP contribution in [0, 0.1) is 0 Å². The van der Waals surface area contributed by atoms with Crippen LogP contribution in [0.1, 0.15) is 55.5 Å². The Morgan fingerprint density at radius 3 is 2.64 bits per heavy atom. The number of ether oxygens (including phenoxy) is 1. The summed E-state index contributed by atoms with van der Waals surface area (Å²) in [5, 5.41) is 3.69. The highest BCUT2D eigenvalue weighted by Crippen LogP contribution is 2.41. The second kappa shape index (κ2) is 10.8. The van der Waals surface area contributed by atoms with Gasteiger partial charge in [0.2, 0.25) is 0 Å². The number of aromatic amines is 1. The summed E-state index contributed by atoms with van der Waals surface area (Å²) in [7, 11) is -1.70. The smallest absolute Gasteiger partial charge is 0.178 e. The van der Waals surface area contributed by atoms with Gasteiger partial charge in [0.05, 0.1) is 23.8 Å². The summed E-state index contributed by atoms with van der Waals surface area (Å²) in [5.41, 5.74) is 5.59. The number of fused-ring (bicyclic) bond motifs is 1. The van der Waals surface area contributed by atoms with Gasteiger partial charge in [0.1, 0.15) is 5.75 Å². The fraction of sp³-hybridized carbons (Fsp3) is 0.385. The van der Waals surface area contributed by atoms with Crippen LogP contribution in [0.3, 0.4) is 0 Å². The van der Waals surface area contributed by atoms with E-state index in [1.807, 2.05) is 6.07 Å². The number of sulfone groups is 1. The molecule has 4 rings (SSSR count). The Kier molecular flexibility index (Phi) is 8.27. The standard InChI is InChI=1S/C26H32N2O3S.ClH/c1-4-27-26(21-12-8-10-18-9-6-7-11-20(18)21)24-15-14-23(28-24)22-17-19(32(29,30)5-2)13-16-25(22)31-3;/h6-7,9,11,13-17,21,26-28H,4-5,8,10,12H2,1-3H3;1H. The van der Waals surface area contributed by atoms with Gasteiger partial charge in [-0.3, -0.25) is 0 Å². The van der Waals surface area contributed by atoms with Crippen molar-refractivity contribution in [2.75, 3.05) is 19.4 Å². The van der Waals surface area contributed by atoms with Crippen molar-refractivity contribution in [2.24, 2.45) is 0 Å². The molecule has 0 aliphatic heterocycles. The molecule has 0 fully saturated rings. The number of H-pyrrole nitrogens is 1. The average Bonchev–Trinajstić information content (AvgIpc) is 3.31. The summed E-state index contributed by atoms with van der Waals surface area (Å²) in [5.74, 6) is 1.11. The lowest BCUT2D eigenvalue weighted by atomic mass is 9.78. The van der Waals surface area contributed by atoms with E-state index in [1.54, 1.807) is 32.2 Å². The second-order valence-corrected chi connectivity index (χ2v) is 10.6. The molecule has 33 heavy (non-hydrogen) atoms. The zero-order valence-electron chi connectivity index (χ0n) is 19.4. The number of aromatic nitrogens is 1. The molecular formula is C26H33ClN2O3S. The summed E-state index contributed by atoms with van der Waals surface area (Å²) in [6, 6.07) is 18.1. The molecule has 3 aromatic rings. The first-order chi connectivity index (χ1) is 15.5. The van der Waals surface area contributed by atoms with Crippen LogP contribution in [0.2, 0.25) is 0 Å². The second-order valence-electron chi connectivity index (χ2n) is 8.33. The minimum absolute atomic E-state index is 0. The molecule has 0 radical (unpaired) electrons. The van der Waals surface area contributed by atoms with Crippen LogP contribution >= 0.6 is 12.4 Å². The first-order valence-corrected chi connectivity index (χ1v) is 13.0. The number of likely N-dealkylation sites (N-methyl/N-ethyl adjacent to an activating group) is 1. The van der Waals surface area contributed by atoms with Crippen molar-refractivity contribution in [1.29, 1.82) is 0 Å². The van der Waals surface area contributed by atoms with Gasteiger partial charge in [-0.05, 0) is 67.3 Å².